The number of benzene rings is 3. The minimum Gasteiger partial charge on any atom is -0.495 e. The van der Waals surface area contributed by atoms with Crippen LogP contribution in [0, 0.1) is 0 Å². The predicted molar refractivity (Wildman–Crippen MR) is 131 cm³/mol. The first kappa shape index (κ1) is 21.8. The Hall–Kier alpha value is -3.98. The lowest BCUT2D eigenvalue weighted by molar-refractivity contribution is -0.116. The average Bonchev–Trinajstić information content (AvgIpc) is 3.30. The monoisotopic (exact) mass is 473 g/mol. The smallest absolute Gasteiger partial charge is 0.240 e. The van der Waals surface area contributed by atoms with E-state index in [1.165, 1.54) is 11.8 Å². The van der Waals surface area contributed by atoms with Crippen molar-refractivity contribution < 1.29 is 14.3 Å². The number of amides is 1. The summed E-state index contributed by atoms with van der Waals surface area (Å²) in [6.45, 7) is 0.240. The molecule has 4 aromatic rings. The summed E-state index contributed by atoms with van der Waals surface area (Å²) in [5, 5.41) is 11.7. The molecular weight excluding hydrogens is 450 g/mol. The molecule has 1 aliphatic heterocycles. The molecule has 1 amide bonds. The topological polar surface area (TPSA) is 90.3 Å². The van der Waals surface area contributed by atoms with E-state index in [1.807, 2.05) is 84.9 Å². The first-order valence-corrected chi connectivity index (χ1v) is 11.6. The van der Waals surface area contributed by atoms with E-state index in [9.17, 15) is 4.79 Å². The van der Waals surface area contributed by atoms with E-state index in [4.69, 9.17) is 9.47 Å². The number of thioether (sulfide) groups is 1. The van der Waals surface area contributed by atoms with E-state index < -0.39 is 5.25 Å². The van der Waals surface area contributed by atoms with Crippen LogP contribution in [0.2, 0.25) is 0 Å². The molecule has 1 aromatic heterocycles. The lowest BCUT2D eigenvalue weighted by atomic mass is 10.0. The van der Waals surface area contributed by atoms with Crippen molar-refractivity contribution in [2.24, 2.45) is 0 Å². The highest BCUT2D eigenvalue weighted by atomic mass is 32.2. The standard InChI is InChI=1S/C25H23N5O3S/c1-32-20-15-9-8-14-19(20)26-24(31)23-22(17-10-4-2-5-11-17)29-30-21(27-28-25(30)34-23)16-33-18-12-6-3-7-13-18/h2-15,22-23,29H,16H2,1H3,(H,26,31)/t22-,23-/m0/s1. The van der Waals surface area contributed by atoms with Crippen molar-refractivity contribution >= 4 is 23.4 Å². The number of nitrogens with zero attached hydrogens (tertiary/aromatic N) is 3. The van der Waals surface area contributed by atoms with Gasteiger partial charge < -0.3 is 20.2 Å². The summed E-state index contributed by atoms with van der Waals surface area (Å²) in [4.78, 5) is 13.4. The van der Waals surface area contributed by atoms with Crippen molar-refractivity contribution in [3.63, 3.8) is 0 Å². The van der Waals surface area contributed by atoms with Gasteiger partial charge in [-0.25, -0.2) is 4.68 Å². The van der Waals surface area contributed by atoms with E-state index in [1.54, 1.807) is 11.8 Å². The fraction of sp³-hybridized carbons (Fsp3) is 0.160. The maximum absolute atomic E-state index is 13.4. The number of ether oxygens (including phenoxy) is 2. The van der Waals surface area contributed by atoms with Crippen molar-refractivity contribution in [3.8, 4) is 11.5 Å². The van der Waals surface area contributed by atoms with Crippen LogP contribution in [-0.4, -0.2) is 33.1 Å². The molecule has 2 atom stereocenters. The molecule has 0 spiro atoms. The zero-order valence-electron chi connectivity index (χ0n) is 18.4. The van der Waals surface area contributed by atoms with Gasteiger partial charge in [-0.3, -0.25) is 4.79 Å². The van der Waals surface area contributed by atoms with Gasteiger partial charge in [-0.15, -0.1) is 10.2 Å². The summed E-state index contributed by atoms with van der Waals surface area (Å²) < 4.78 is 13.1. The molecule has 2 heterocycles. The number of rotatable bonds is 7. The van der Waals surface area contributed by atoms with Crippen LogP contribution >= 0.6 is 11.8 Å². The molecule has 0 bridgehead atoms. The van der Waals surface area contributed by atoms with Crippen molar-refractivity contribution in [2.45, 2.75) is 23.1 Å². The molecule has 9 heteroatoms. The lowest BCUT2D eigenvalue weighted by Gasteiger charge is -2.33. The van der Waals surface area contributed by atoms with Crippen molar-refractivity contribution in [1.82, 2.24) is 14.9 Å². The van der Waals surface area contributed by atoms with Crippen molar-refractivity contribution in [3.05, 3.63) is 96.3 Å². The summed E-state index contributed by atoms with van der Waals surface area (Å²) in [5.74, 6) is 1.81. The largest absolute Gasteiger partial charge is 0.495 e. The molecule has 0 radical (unpaired) electrons. The van der Waals surface area contributed by atoms with Crippen molar-refractivity contribution in [2.75, 3.05) is 17.9 Å². The number of para-hydroxylation sites is 3. The fourth-order valence-corrected chi connectivity index (χ4v) is 4.82. The maximum Gasteiger partial charge on any atom is 0.240 e. The van der Waals surface area contributed by atoms with Crippen LogP contribution in [0.4, 0.5) is 5.69 Å². The van der Waals surface area contributed by atoms with E-state index in [2.05, 4.69) is 20.9 Å². The van der Waals surface area contributed by atoms with Crippen LogP contribution in [0.5, 0.6) is 11.5 Å². The number of carbonyl (C=O) groups is 1. The molecule has 2 N–H and O–H groups in total. The summed E-state index contributed by atoms with van der Waals surface area (Å²) in [6.07, 6.45) is 0. The van der Waals surface area contributed by atoms with Gasteiger partial charge in [0.1, 0.15) is 23.4 Å². The maximum atomic E-state index is 13.4. The number of hydrogen-bond acceptors (Lipinski definition) is 7. The number of fused-ring (bicyclic) bond motifs is 1. The Kier molecular flexibility index (Phi) is 6.35. The number of methoxy groups -OCH3 is 1. The third-order valence-electron chi connectivity index (χ3n) is 5.40. The Balaban J connectivity index is 1.41. The van der Waals surface area contributed by atoms with Gasteiger partial charge in [0.15, 0.2) is 5.82 Å². The Bertz CT molecular complexity index is 1270. The molecule has 172 valence electrons. The molecule has 0 unspecified atom stereocenters. The minimum absolute atomic E-state index is 0.160. The Morgan fingerprint density at radius 1 is 1.00 bits per heavy atom. The third-order valence-corrected chi connectivity index (χ3v) is 6.61. The highest BCUT2D eigenvalue weighted by molar-refractivity contribution is 8.00. The summed E-state index contributed by atoms with van der Waals surface area (Å²) in [5.41, 5.74) is 5.04. The number of carbonyl (C=O) groups excluding carboxylic acids is 1. The number of anilines is 1. The minimum atomic E-state index is -0.494. The zero-order valence-corrected chi connectivity index (χ0v) is 19.2. The Morgan fingerprint density at radius 2 is 1.71 bits per heavy atom. The normalized spacial score (nSPS) is 16.7. The van der Waals surface area contributed by atoms with Gasteiger partial charge in [0.25, 0.3) is 0 Å². The SMILES string of the molecule is COc1ccccc1NC(=O)[C@H]1Sc2nnc(COc3ccccc3)n2N[C@H]1c1ccccc1. The molecule has 34 heavy (non-hydrogen) atoms. The van der Waals surface area contributed by atoms with Gasteiger partial charge >= 0.3 is 0 Å². The van der Waals surface area contributed by atoms with Gasteiger partial charge in [0.05, 0.1) is 18.8 Å². The van der Waals surface area contributed by atoms with E-state index in [0.717, 1.165) is 11.3 Å². The lowest BCUT2D eigenvalue weighted by Crippen LogP contribution is -2.41. The van der Waals surface area contributed by atoms with Crippen LogP contribution in [-0.2, 0) is 11.4 Å². The quantitative estimate of drug-likeness (QED) is 0.414. The van der Waals surface area contributed by atoms with Crippen LogP contribution in [0.1, 0.15) is 17.4 Å². The molecule has 1 aliphatic rings. The van der Waals surface area contributed by atoms with Gasteiger partial charge in [-0.1, -0.05) is 72.4 Å². The fourth-order valence-electron chi connectivity index (χ4n) is 3.72. The number of aromatic nitrogens is 3. The van der Waals surface area contributed by atoms with Gasteiger partial charge in [-0.2, -0.15) is 0 Å². The van der Waals surface area contributed by atoms with E-state index in [0.29, 0.717) is 22.4 Å². The molecule has 5 rings (SSSR count). The van der Waals surface area contributed by atoms with E-state index >= 15 is 0 Å². The second-order valence-electron chi connectivity index (χ2n) is 7.58. The van der Waals surface area contributed by atoms with E-state index in [-0.39, 0.29) is 18.6 Å². The zero-order chi connectivity index (χ0) is 23.3. The van der Waals surface area contributed by atoms with Crippen molar-refractivity contribution in [1.29, 1.82) is 0 Å². The third kappa shape index (κ3) is 4.55. The molecule has 0 saturated heterocycles. The molecule has 0 fully saturated rings. The molecule has 3 aromatic carbocycles. The average molecular weight is 474 g/mol. The molecule has 0 aliphatic carbocycles. The first-order valence-electron chi connectivity index (χ1n) is 10.8. The summed E-state index contributed by atoms with van der Waals surface area (Å²) in [7, 11) is 1.58. The van der Waals surface area contributed by atoms with Crippen LogP contribution < -0.4 is 20.2 Å². The predicted octanol–water partition coefficient (Wildman–Crippen LogP) is 4.26. The second kappa shape index (κ2) is 9.88. The van der Waals surface area contributed by atoms with Gasteiger partial charge in [-0.05, 0) is 29.8 Å². The van der Waals surface area contributed by atoms with Crippen LogP contribution in [0.25, 0.3) is 0 Å². The van der Waals surface area contributed by atoms with Crippen LogP contribution in [0.3, 0.4) is 0 Å². The Morgan fingerprint density at radius 3 is 2.47 bits per heavy atom. The highest BCUT2D eigenvalue weighted by Crippen LogP contribution is 2.38. The number of nitrogens with one attached hydrogen (secondary N) is 2. The van der Waals surface area contributed by atoms with Gasteiger partial charge in [0, 0.05) is 0 Å². The highest BCUT2D eigenvalue weighted by Gasteiger charge is 2.38. The van der Waals surface area contributed by atoms with Gasteiger partial charge in [0.2, 0.25) is 11.1 Å². The Labute approximate surface area is 201 Å². The summed E-state index contributed by atoms with van der Waals surface area (Å²) in [6, 6.07) is 26.4. The molecule has 0 saturated carbocycles. The molecular formula is C25H23N5O3S. The first-order chi connectivity index (χ1) is 16.7. The molecule has 8 nitrogen and oxygen atoms in total. The van der Waals surface area contributed by atoms with Crippen LogP contribution in [0.15, 0.2) is 90.1 Å². The second-order valence-corrected chi connectivity index (χ2v) is 8.69. The summed E-state index contributed by atoms with van der Waals surface area (Å²) >= 11 is 1.36. The number of hydrogen-bond donors (Lipinski definition) is 2.